The number of amides is 2. The van der Waals surface area contributed by atoms with Crippen molar-refractivity contribution in [3.63, 3.8) is 0 Å². The van der Waals surface area contributed by atoms with Gasteiger partial charge in [0.25, 0.3) is 11.8 Å². The normalized spacial score (nSPS) is 11.3. The summed E-state index contributed by atoms with van der Waals surface area (Å²) in [5, 5.41) is 16.6. The number of nitrogens with one attached hydrogen (secondary N) is 2. The molecule has 0 heterocycles. The van der Waals surface area contributed by atoms with Crippen LogP contribution in [0.2, 0.25) is 5.02 Å². The van der Waals surface area contributed by atoms with Crippen molar-refractivity contribution in [1.29, 1.82) is 0 Å². The van der Waals surface area contributed by atoms with Gasteiger partial charge in [0.2, 0.25) is 0 Å². The molecule has 2 amide bonds. The van der Waals surface area contributed by atoms with Gasteiger partial charge in [0.05, 0.1) is 16.8 Å². The molecule has 0 aliphatic carbocycles. The van der Waals surface area contributed by atoms with Crippen molar-refractivity contribution < 1.29 is 14.7 Å². The highest BCUT2D eigenvalue weighted by atomic mass is 35.5. The lowest BCUT2D eigenvalue weighted by Gasteiger charge is -2.13. The van der Waals surface area contributed by atoms with Crippen LogP contribution in [0.5, 0.6) is 5.75 Å². The Morgan fingerprint density at radius 1 is 0.970 bits per heavy atom. The monoisotopic (exact) mass is 462 g/mol. The summed E-state index contributed by atoms with van der Waals surface area (Å²) < 4.78 is 0. The highest BCUT2D eigenvalue weighted by Gasteiger charge is 2.16. The van der Waals surface area contributed by atoms with E-state index in [0.717, 1.165) is 5.69 Å². The summed E-state index contributed by atoms with van der Waals surface area (Å²) in [6, 6.07) is 20.6. The van der Waals surface area contributed by atoms with Gasteiger partial charge in [0.15, 0.2) is 0 Å². The van der Waals surface area contributed by atoms with E-state index < -0.39 is 11.8 Å². The average Bonchev–Trinajstić information content (AvgIpc) is 2.80. The van der Waals surface area contributed by atoms with Gasteiger partial charge in [-0.1, -0.05) is 48.0 Å². The highest BCUT2D eigenvalue weighted by molar-refractivity contribution is 6.34. The number of para-hydroxylation sites is 1. The number of hydrazone groups is 1. The molecule has 3 rings (SSSR count). The number of phenols is 1. The Labute approximate surface area is 197 Å². The van der Waals surface area contributed by atoms with E-state index in [4.69, 9.17) is 11.6 Å². The summed E-state index contributed by atoms with van der Waals surface area (Å²) in [6.07, 6.45) is 2.85. The number of carbonyl (C=O) groups is 2. The molecule has 3 N–H and O–H groups in total. The van der Waals surface area contributed by atoms with E-state index >= 15 is 0 Å². The Morgan fingerprint density at radius 3 is 2.30 bits per heavy atom. The first-order valence-corrected chi connectivity index (χ1v) is 10.4. The number of halogens is 1. The molecule has 0 spiro atoms. The summed E-state index contributed by atoms with van der Waals surface area (Å²) in [5.41, 5.74) is 4.72. The van der Waals surface area contributed by atoms with Gasteiger partial charge in [-0.05, 0) is 48.0 Å². The average molecular weight is 463 g/mol. The maximum atomic E-state index is 12.8. The SMILES string of the molecule is CN(C)c1ccc(C=C(NC(=O)c2ccccc2Cl)C(=O)N/N=C/c2ccccc2O)cc1. The Morgan fingerprint density at radius 2 is 1.64 bits per heavy atom. The summed E-state index contributed by atoms with van der Waals surface area (Å²) >= 11 is 6.12. The lowest BCUT2D eigenvalue weighted by atomic mass is 10.1. The lowest BCUT2D eigenvalue weighted by molar-refractivity contribution is -0.117. The van der Waals surface area contributed by atoms with E-state index in [1.165, 1.54) is 12.3 Å². The number of rotatable bonds is 7. The number of carbonyl (C=O) groups excluding carboxylic acids is 2. The number of benzene rings is 3. The van der Waals surface area contributed by atoms with Gasteiger partial charge in [-0.25, -0.2) is 5.43 Å². The fourth-order valence-corrected chi connectivity index (χ4v) is 3.07. The van der Waals surface area contributed by atoms with Crippen LogP contribution in [-0.4, -0.2) is 37.2 Å². The van der Waals surface area contributed by atoms with E-state index in [9.17, 15) is 14.7 Å². The van der Waals surface area contributed by atoms with Gasteiger partial charge in [-0.15, -0.1) is 0 Å². The van der Waals surface area contributed by atoms with Crippen molar-refractivity contribution in [2.75, 3.05) is 19.0 Å². The number of hydrogen-bond acceptors (Lipinski definition) is 5. The predicted molar refractivity (Wildman–Crippen MR) is 132 cm³/mol. The Bertz CT molecular complexity index is 1200. The van der Waals surface area contributed by atoms with Crippen molar-refractivity contribution >= 4 is 41.4 Å². The van der Waals surface area contributed by atoms with Crippen LogP contribution in [0.4, 0.5) is 5.69 Å². The molecule has 0 unspecified atom stereocenters. The highest BCUT2D eigenvalue weighted by Crippen LogP contribution is 2.17. The number of aromatic hydroxyl groups is 1. The zero-order valence-corrected chi connectivity index (χ0v) is 18.9. The summed E-state index contributed by atoms with van der Waals surface area (Å²) in [7, 11) is 3.85. The van der Waals surface area contributed by atoms with Crippen LogP contribution < -0.4 is 15.6 Å². The van der Waals surface area contributed by atoms with Crippen LogP contribution in [0.25, 0.3) is 6.08 Å². The maximum Gasteiger partial charge on any atom is 0.287 e. The van der Waals surface area contributed by atoms with Crippen molar-refractivity contribution in [1.82, 2.24) is 10.7 Å². The molecule has 0 aliphatic heterocycles. The smallest absolute Gasteiger partial charge is 0.287 e. The molecule has 8 heteroatoms. The zero-order valence-electron chi connectivity index (χ0n) is 18.1. The molecular weight excluding hydrogens is 440 g/mol. The molecule has 3 aromatic rings. The van der Waals surface area contributed by atoms with Crippen molar-refractivity contribution in [3.05, 3.63) is 100 Å². The third-order valence-electron chi connectivity index (χ3n) is 4.64. The first-order valence-electron chi connectivity index (χ1n) is 10.0. The first kappa shape index (κ1) is 23.6. The van der Waals surface area contributed by atoms with Crippen molar-refractivity contribution in [2.45, 2.75) is 0 Å². The van der Waals surface area contributed by atoms with Gasteiger partial charge in [0, 0.05) is 25.3 Å². The van der Waals surface area contributed by atoms with Crippen LogP contribution in [0, 0.1) is 0 Å². The standard InChI is InChI=1S/C25H23ClN4O3/c1-30(2)19-13-11-17(12-14-19)15-22(28-24(32)20-8-4-5-9-21(20)26)25(33)29-27-16-18-7-3-6-10-23(18)31/h3-16,31H,1-2H3,(H,28,32)(H,29,33)/b22-15?,27-16+. The quantitative estimate of drug-likeness (QED) is 0.280. The Kier molecular flexibility index (Phi) is 7.83. The van der Waals surface area contributed by atoms with Crippen LogP contribution >= 0.6 is 11.6 Å². The van der Waals surface area contributed by atoms with Crippen LogP contribution in [0.15, 0.2) is 83.6 Å². The van der Waals surface area contributed by atoms with Crippen molar-refractivity contribution in [2.24, 2.45) is 5.10 Å². The van der Waals surface area contributed by atoms with E-state index in [2.05, 4.69) is 15.8 Å². The van der Waals surface area contributed by atoms with Gasteiger partial charge in [-0.2, -0.15) is 5.10 Å². The van der Waals surface area contributed by atoms with Crippen LogP contribution in [-0.2, 0) is 4.79 Å². The molecule has 0 radical (unpaired) electrons. The summed E-state index contributed by atoms with van der Waals surface area (Å²) in [5.74, 6) is -1.14. The van der Waals surface area contributed by atoms with E-state index in [1.807, 2.05) is 43.3 Å². The topological polar surface area (TPSA) is 94.0 Å². The fraction of sp³-hybridized carbons (Fsp3) is 0.0800. The number of phenolic OH excluding ortho intramolecular Hbond substituents is 1. The predicted octanol–water partition coefficient (Wildman–Crippen LogP) is 4.03. The molecular formula is C25H23ClN4O3. The molecule has 7 nitrogen and oxygen atoms in total. The van der Waals surface area contributed by atoms with Crippen LogP contribution in [0.3, 0.4) is 0 Å². The second-order valence-corrected chi connectivity index (χ2v) is 7.64. The van der Waals surface area contributed by atoms with Gasteiger partial charge in [-0.3, -0.25) is 9.59 Å². The molecule has 0 aliphatic rings. The largest absolute Gasteiger partial charge is 0.507 e. The molecule has 0 atom stereocenters. The Hall–Kier alpha value is -4.10. The zero-order chi connectivity index (χ0) is 23.8. The molecule has 0 saturated heterocycles. The number of anilines is 1. The maximum absolute atomic E-state index is 12.8. The second-order valence-electron chi connectivity index (χ2n) is 7.24. The molecule has 168 valence electrons. The molecule has 0 fully saturated rings. The molecule has 0 saturated carbocycles. The van der Waals surface area contributed by atoms with Crippen molar-refractivity contribution in [3.8, 4) is 5.75 Å². The fourth-order valence-electron chi connectivity index (χ4n) is 2.85. The second kappa shape index (κ2) is 11.0. The van der Waals surface area contributed by atoms with Gasteiger partial charge in [0.1, 0.15) is 11.4 Å². The molecule has 0 bridgehead atoms. The number of hydrogen-bond donors (Lipinski definition) is 3. The molecule has 33 heavy (non-hydrogen) atoms. The third kappa shape index (κ3) is 6.44. The van der Waals surface area contributed by atoms with E-state index in [0.29, 0.717) is 11.1 Å². The minimum atomic E-state index is -0.640. The summed E-state index contributed by atoms with van der Waals surface area (Å²) in [4.78, 5) is 27.5. The van der Waals surface area contributed by atoms with E-state index in [1.54, 1.807) is 48.5 Å². The Balaban J connectivity index is 1.85. The summed E-state index contributed by atoms with van der Waals surface area (Å²) in [6.45, 7) is 0. The third-order valence-corrected chi connectivity index (χ3v) is 4.97. The molecule has 3 aromatic carbocycles. The van der Waals surface area contributed by atoms with E-state index in [-0.39, 0.29) is 22.0 Å². The van der Waals surface area contributed by atoms with Crippen LogP contribution in [0.1, 0.15) is 21.5 Å². The molecule has 0 aromatic heterocycles. The minimum Gasteiger partial charge on any atom is -0.507 e. The van der Waals surface area contributed by atoms with Gasteiger partial charge >= 0.3 is 0 Å². The minimum absolute atomic E-state index is 0.0213. The first-order chi connectivity index (χ1) is 15.8. The van der Waals surface area contributed by atoms with Gasteiger partial charge < -0.3 is 15.3 Å². The number of nitrogens with zero attached hydrogens (tertiary/aromatic N) is 2. The lowest BCUT2D eigenvalue weighted by Crippen LogP contribution is -2.33.